The number of anilines is 1. The Balaban J connectivity index is 1.93. The van der Waals surface area contributed by atoms with Crippen molar-refractivity contribution in [3.8, 4) is 0 Å². The predicted molar refractivity (Wildman–Crippen MR) is 79.2 cm³/mol. The molecule has 0 heterocycles. The molecule has 1 aromatic rings. The summed E-state index contributed by atoms with van der Waals surface area (Å²) >= 11 is 0. The molecule has 0 aliphatic heterocycles. The zero-order valence-electron chi connectivity index (χ0n) is 12.2. The summed E-state index contributed by atoms with van der Waals surface area (Å²) in [5, 5.41) is 6.03. The maximum atomic E-state index is 13.7. The van der Waals surface area contributed by atoms with Gasteiger partial charge < -0.3 is 10.6 Å². The second-order valence-electron chi connectivity index (χ2n) is 5.64. The third-order valence-electron chi connectivity index (χ3n) is 3.93. The molecule has 0 saturated heterocycles. The minimum Gasteiger partial charge on any atom is -0.371 e. The van der Waals surface area contributed by atoms with E-state index in [0.717, 1.165) is 18.4 Å². The lowest BCUT2D eigenvalue weighted by atomic mass is 9.95. The van der Waals surface area contributed by atoms with Crippen LogP contribution in [-0.4, -0.2) is 18.0 Å². The van der Waals surface area contributed by atoms with Gasteiger partial charge in [-0.3, -0.25) is 4.79 Å². The average molecular weight is 278 g/mol. The van der Waals surface area contributed by atoms with E-state index in [4.69, 9.17) is 0 Å². The molecule has 1 aromatic carbocycles. The molecule has 1 atom stereocenters. The predicted octanol–water partition coefficient (Wildman–Crippen LogP) is 3.38. The first-order valence-electron chi connectivity index (χ1n) is 7.40. The van der Waals surface area contributed by atoms with Crippen LogP contribution in [0.3, 0.4) is 0 Å². The van der Waals surface area contributed by atoms with Crippen molar-refractivity contribution in [1.82, 2.24) is 5.32 Å². The van der Waals surface area contributed by atoms with E-state index >= 15 is 0 Å². The molecule has 1 amide bonds. The number of benzene rings is 1. The molecule has 0 radical (unpaired) electrons. The quantitative estimate of drug-likeness (QED) is 0.886. The van der Waals surface area contributed by atoms with E-state index in [9.17, 15) is 9.18 Å². The molecule has 110 valence electrons. The molecule has 20 heavy (non-hydrogen) atoms. The SMILES string of the molecule is Cc1cccc(F)c1NC(C)C(=O)NC1CCCCC1. The van der Waals surface area contributed by atoms with Gasteiger partial charge in [0.15, 0.2) is 0 Å². The number of carbonyl (C=O) groups excluding carboxylic acids is 1. The normalized spacial score (nSPS) is 17.6. The van der Waals surface area contributed by atoms with Crippen LogP contribution >= 0.6 is 0 Å². The molecule has 1 saturated carbocycles. The zero-order valence-corrected chi connectivity index (χ0v) is 12.2. The molecule has 1 aliphatic carbocycles. The van der Waals surface area contributed by atoms with Crippen LogP contribution in [0.2, 0.25) is 0 Å². The van der Waals surface area contributed by atoms with Gasteiger partial charge >= 0.3 is 0 Å². The van der Waals surface area contributed by atoms with Gasteiger partial charge in [-0.25, -0.2) is 4.39 Å². The van der Waals surface area contributed by atoms with E-state index in [0.29, 0.717) is 5.69 Å². The van der Waals surface area contributed by atoms with Crippen molar-refractivity contribution < 1.29 is 9.18 Å². The first-order valence-corrected chi connectivity index (χ1v) is 7.40. The van der Waals surface area contributed by atoms with Crippen LogP contribution in [0, 0.1) is 12.7 Å². The zero-order chi connectivity index (χ0) is 14.5. The van der Waals surface area contributed by atoms with E-state index < -0.39 is 6.04 Å². The molecule has 0 aromatic heterocycles. The third kappa shape index (κ3) is 3.71. The number of hydrogen-bond donors (Lipinski definition) is 2. The fourth-order valence-electron chi connectivity index (χ4n) is 2.67. The molecule has 4 heteroatoms. The van der Waals surface area contributed by atoms with Gasteiger partial charge in [-0.2, -0.15) is 0 Å². The Morgan fingerprint density at radius 3 is 2.65 bits per heavy atom. The smallest absolute Gasteiger partial charge is 0.242 e. The number of halogens is 1. The van der Waals surface area contributed by atoms with Crippen LogP contribution in [0.4, 0.5) is 10.1 Å². The molecule has 2 N–H and O–H groups in total. The Labute approximate surface area is 120 Å². The van der Waals surface area contributed by atoms with Gasteiger partial charge in [0.25, 0.3) is 0 Å². The number of nitrogens with one attached hydrogen (secondary N) is 2. The number of aryl methyl sites for hydroxylation is 1. The lowest BCUT2D eigenvalue weighted by molar-refractivity contribution is -0.122. The van der Waals surface area contributed by atoms with Gasteiger partial charge in [0.1, 0.15) is 11.9 Å². The van der Waals surface area contributed by atoms with Gasteiger partial charge in [-0.05, 0) is 38.3 Å². The first-order chi connectivity index (χ1) is 9.58. The lowest BCUT2D eigenvalue weighted by Crippen LogP contribution is -2.44. The molecule has 2 rings (SSSR count). The summed E-state index contributed by atoms with van der Waals surface area (Å²) in [4.78, 5) is 12.1. The van der Waals surface area contributed by atoms with Gasteiger partial charge in [0, 0.05) is 6.04 Å². The summed E-state index contributed by atoms with van der Waals surface area (Å²) < 4.78 is 13.7. The van der Waals surface area contributed by atoms with Crippen molar-refractivity contribution in [3.63, 3.8) is 0 Å². The second-order valence-corrected chi connectivity index (χ2v) is 5.64. The van der Waals surface area contributed by atoms with E-state index in [1.807, 2.05) is 13.0 Å². The van der Waals surface area contributed by atoms with Gasteiger partial charge in [-0.15, -0.1) is 0 Å². The van der Waals surface area contributed by atoms with Gasteiger partial charge in [-0.1, -0.05) is 31.4 Å². The number of carbonyl (C=O) groups is 1. The van der Waals surface area contributed by atoms with Crippen LogP contribution in [-0.2, 0) is 4.79 Å². The number of para-hydroxylation sites is 1. The summed E-state index contributed by atoms with van der Waals surface area (Å²) in [7, 11) is 0. The number of hydrogen-bond acceptors (Lipinski definition) is 2. The van der Waals surface area contributed by atoms with Crippen LogP contribution < -0.4 is 10.6 Å². The monoisotopic (exact) mass is 278 g/mol. The molecule has 1 aliphatic rings. The summed E-state index contributed by atoms with van der Waals surface area (Å²) in [6.45, 7) is 3.60. The van der Waals surface area contributed by atoms with Gasteiger partial charge in [0.2, 0.25) is 5.91 Å². The first kappa shape index (κ1) is 14.8. The van der Waals surface area contributed by atoms with Crippen molar-refractivity contribution in [2.75, 3.05) is 5.32 Å². The van der Waals surface area contributed by atoms with Crippen LogP contribution in [0.1, 0.15) is 44.6 Å². The Hall–Kier alpha value is -1.58. The van der Waals surface area contributed by atoms with Crippen LogP contribution in [0.15, 0.2) is 18.2 Å². The molecule has 0 bridgehead atoms. The topological polar surface area (TPSA) is 41.1 Å². The lowest BCUT2D eigenvalue weighted by Gasteiger charge is -2.25. The van der Waals surface area contributed by atoms with E-state index in [2.05, 4.69) is 10.6 Å². The van der Waals surface area contributed by atoms with Crippen molar-refractivity contribution in [3.05, 3.63) is 29.6 Å². The minimum atomic E-state index is -0.437. The highest BCUT2D eigenvalue weighted by atomic mass is 19.1. The summed E-state index contributed by atoms with van der Waals surface area (Å²) in [6, 6.07) is 4.75. The minimum absolute atomic E-state index is 0.0560. The maximum absolute atomic E-state index is 13.7. The molecule has 0 spiro atoms. The fraction of sp³-hybridized carbons (Fsp3) is 0.562. The Morgan fingerprint density at radius 2 is 2.00 bits per heavy atom. The van der Waals surface area contributed by atoms with Crippen molar-refractivity contribution >= 4 is 11.6 Å². The second kappa shape index (κ2) is 6.73. The fourth-order valence-corrected chi connectivity index (χ4v) is 2.67. The van der Waals surface area contributed by atoms with Crippen LogP contribution in [0.25, 0.3) is 0 Å². The highest BCUT2D eigenvalue weighted by Crippen LogP contribution is 2.20. The van der Waals surface area contributed by atoms with Crippen molar-refractivity contribution in [2.24, 2.45) is 0 Å². The van der Waals surface area contributed by atoms with Crippen LogP contribution in [0.5, 0.6) is 0 Å². The average Bonchev–Trinajstić information content (AvgIpc) is 2.44. The largest absolute Gasteiger partial charge is 0.371 e. The Morgan fingerprint density at radius 1 is 1.30 bits per heavy atom. The molecular formula is C16H23FN2O. The molecule has 1 fully saturated rings. The Kier molecular flexibility index (Phi) is 4.99. The van der Waals surface area contributed by atoms with E-state index in [1.165, 1.54) is 25.3 Å². The maximum Gasteiger partial charge on any atom is 0.242 e. The third-order valence-corrected chi connectivity index (χ3v) is 3.93. The van der Waals surface area contributed by atoms with E-state index in [1.54, 1.807) is 13.0 Å². The standard InChI is InChI=1S/C16H23FN2O/c1-11-7-6-10-14(17)15(11)18-12(2)16(20)19-13-8-4-3-5-9-13/h6-7,10,12-13,18H,3-5,8-9H2,1-2H3,(H,19,20). The molecule has 3 nitrogen and oxygen atoms in total. The molecular weight excluding hydrogens is 255 g/mol. The summed E-state index contributed by atoms with van der Waals surface area (Å²) in [6.07, 6.45) is 5.72. The number of amides is 1. The Bertz CT molecular complexity index is 449. The van der Waals surface area contributed by atoms with Crippen molar-refractivity contribution in [2.45, 2.75) is 58.0 Å². The highest BCUT2D eigenvalue weighted by molar-refractivity contribution is 5.84. The molecule has 1 unspecified atom stereocenters. The van der Waals surface area contributed by atoms with E-state index in [-0.39, 0.29) is 17.8 Å². The van der Waals surface area contributed by atoms with Crippen molar-refractivity contribution in [1.29, 1.82) is 0 Å². The van der Waals surface area contributed by atoms with Gasteiger partial charge in [0.05, 0.1) is 5.69 Å². The summed E-state index contributed by atoms with van der Waals surface area (Å²) in [5.41, 5.74) is 1.22. The summed E-state index contributed by atoms with van der Waals surface area (Å²) in [5.74, 6) is -0.373. The highest BCUT2D eigenvalue weighted by Gasteiger charge is 2.20. The number of rotatable bonds is 4.